The molecule has 5 heteroatoms. The van der Waals surface area contributed by atoms with Gasteiger partial charge in [0.15, 0.2) is 0 Å². The number of nitro benzene ring substituents is 1. The van der Waals surface area contributed by atoms with E-state index in [0.717, 1.165) is 0 Å². The zero-order valence-electron chi connectivity index (χ0n) is 17.2. The fourth-order valence-electron chi connectivity index (χ4n) is 3.77. The minimum Gasteiger partial charge on any atom is -0.288 e. The molecule has 0 saturated heterocycles. The Morgan fingerprint density at radius 1 is 0.935 bits per heavy atom. The van der Waals surface area contributed by atoms with Gasteiger partial charge in [0.05, 0.1) is 16.5 Å². The van der Waals surface area contributed by atoms with Crippen molar-refractivity contribution in [1.29, 1.82) is 0 Å². The molecule has 0 spiro atoms. The lowest BCUT2D eigenvalue weighted by Gasteiger charge is -2.27. The van der Waals surface area contributed by atoms with Crippen LogP contribution in [0.1, 0.15) is 12.5 Å². The van der Waals surface area contributed by atoms with Gasteiger partial charge in [-0.05, 0) is 36.8 Å². The molecule has 0 aliphatic heterocycles. The lowest BCUT2D eigenvalue weighted by atomic mass is 10.0. The molecule has 1 unspecified atom stereocenters. The summed E-state index contributed by atoms with van der Waals surface area (Å²) in [5, 5.41) is 15.3. The highest BCUT2D eigenvalue weighted by atomic mass is 31.1. The molecule has 0 bridgehead atoms. The van der Waals surface area contributed by atoms with Crippen molar-refractivity contribution in [3.8, 4) is 0 Å². The second-order valence-electron chi connectivity index (χ2n) is 7.34. The summed E-state index contributed by atoms with van der Waals surface area (Å²) in [7, 11) is -0.689. The summed E-state index contributed by atoms with van der Waals surface area (Å²) in [6.45, 7) is 2.07. The van der Waals surface area contributed by atoms with Crippen molar-refractivity contribution in [3.05, 3.63) is 124 Å². The molecule has 0 fully saturated rings. The predicted octanol–water partition coefficient (Wildman–Crippen LogP) is 5.61. The van der Waals surface area contributed by atoms with E-state index in [2.05, 4.69) is 73.7 Å². The Balaban J connectivity index is 1.64. The van der Waals surface area contributed by atoms with E-state index in [0.29, 0.717) is 5.56 Å². The normalized spacial score (nSPS) is 16.6. The van der Waals surface area contributed by atoms with E-state index >= 15 is 0 Å². The standard InChI is InChI=1S/C26H23N2O2P/c1-20(27-19-21-11-8-9-17-25(21)28(29)30)24-16-10-18-26(24)31(22-12-4-2-5-13-22)23-14-6-3-7-15-23/h2-20,24H,1H3/t20-,24?/m1/s1. The molecule has 0 amide bonds. The highest BCUT2D eigenvalue weighted by Gasteiger charge is 2.29. The van der Waals surface area contributed by atoms with Gasteiger partial charge in [-0.1, -0.05) is 91.0 Å². The summed E-state index contributed by atoms with van der Waals surface area (Å²) < 4.78 is 0. The van der Waals surface area contributed by atoms with Crippen LogP contribution in [0.5, 0.6) is 0 Å². The number of para-hydroxylation sites is 1. The Morgan fingerprint density at radius 3 is 2.13 bits per heavy atom. The van der Waals surface area contributed by atoms with Crippen LogP contribution in [0.15, 0.2) is 113 Å². The summed E-state index contributed by atoms with van der Waals surface area (Å²) in [5.74, 6) is 0.144. The maximum absolute atomic E-state index is 11.3. The minimum absolute atomic E-state index is 0.0396. The average molecular weight is 426 g/mol. The molecule has 1 aliphatic carbocycles. The summed E-state index contributed by atoms with van der Waals surface area (Å²) in [5.41, 5.74) is 0.604. The van der Waals surface area contributed by atoms with Gasteiger partial charge in [0.25, 0.3) is 5.69 Å². The van der Waals surface area contributed by atoms with Gasteiger partial charge in [-0.3, -0.25) is 15.1 Å². The van der Waals surface area contributed by atoms with Crippen LogP contribution in [0.3, 0.4) is 0 Å². The minimum atomic E-state index is -0.689. The van der Waals surface area contributed by atoms with Crippen LogP contribution >= 0.6 is 7.92 Å². The van der Waals surface area contributed by atoms with Crippen molar-refractivity contribution in [2.75, 3.05) is 0 Å². The van der Waals surface area contributed by atoms with E-state index in [1.165, 1.54) is 22.0 Å². The van der Waals surface area contributed by atoms with Crippen molar-refractivity contribution in [3.63, 3.8) is 0 Å². The van der Waals surface area contributed by atoms with E-state index < -0.39 is 7.92 Å². The highest BCUT2D eigenvalue weighted by Crippen LogP contribution is 2.50. The third-order valence-electron chi connectivity index (χ3n) is 5.32. The first-order chi connectivity index (χ1) is 15.1. The molecule has 0 N–H and O–H groups in total. The Kier molecular flexibility index (Phi) is 6.49. The molecule has 1 aliphatic rings. The number of benzene rings is 3. The number of nitrogens with zero attached hydrogens (tertiary/aromatic N) is 2. The number of hydrogen-bond acceptors (Lipinski definition) is 3. The molecule has 4 nitrogen and oxygen atoms in total. The first-order valence-corrected chi connectivity index (χ1v) is 11.5. The summed E-state index contributed by atoms with van der Waals surface area (Å²) in [4.78, 5) is 15.7. The van der Waals surface area contributed by atoms with Crippen molar-refractivity contribution in [2.24, 2.45) is 10.9 Å². The molecular formula is C26H23N2O2P. The molecule has 0 radical (unpaired) electrons. The highest BCUT2D eigenvalue weighted by molar-refractivity contribution is 7.76. The molecule has 4 rings (SSSR count). The number of hydrogen-bond donors (Lipinski definition) is 0. The van der Waals surface area contributed by atoms with Gasteiger partial charge in [-0.25, -0.2) is 0 Å². The van der Waals surface area contributed by atoms with Gasteiger partial charge >= 0.3 is 0 Å². The van der Waals surface area contributed by atoms with E-state index in [-0.39, 0.29) is 22.6 Å². The molecular weight excluding hydrogens is 403 g/mol. The first-order valence-electron chi connectivity index (χ1n) is 10.2. The van der Waals surface area contributed by atoms with Gasteiger partial charge in [0.1, 0.15) is 0 Å². The molecule has 31 heavy (non-hydrogen) atoms. The smallest absolute Gasteiger partial charge is 0.278 e. The number of rotatable bonds is 7. The number of allylic oxidation sites excluding steroid dienone is 2. The van der Waals surface area contributed by atoms with Gasteiger partial charge in [-0.15, -0.1) is 0 Å². The molecule has 3 aromatic rings. The lowest BCUT2D eigenvalue weighted by molar-refractivity contribution is -0.385. The van der Waals surface area contributed by atoms with Crippen LogP contribution in [0.2, 0.25) is 0 Å². The molecule has 0 heterocycles. The van der Waals surface area contributed by atoms with Gasteiger partial charge < -0.3 is 0 Å². The van der Waals surface area contributed by atoms with Crippen molar-refractivity contribution >= 4 is 30.4 Å². The Hall–Kier alpha value is -3.36. The zero-order chi connectivity index (χ0) is 21.6. The fraction of sp³-hybridized carbons (Fsp3) is 0.115. The van der Waals surface area contributed by atoms with E-state index in [9.17, 15) is 10.1 Å². The second-order valence-corrected chi connectivity index (χ2v) is 9.56. The first kappa shape index (κ1) is 20.9. The summed E-state index contributed by atoms with van der Waals surface area (Å²) in [6.07, 6.45) is 8.16. The van der Waals surface area contributed by atoms with Crippen molar-refractivity contribution in [1.82, 2.24) is 0 Å². The Morgan fingerprint density at radius 2 is 1.52 bits per heavy atom. The number of aliphatic imine (C=N–C) groups is 1. The quantitative estimate of drug-likeness (QED) is 0.214. The molecule has 0 saturated carbocycles. The summed E-state index contributed by atoms with van der Waals surface area (Å²) >= 11 is 0. The van der Waals surface area contributed by atoms with Gasteiger partial charge in [0, 0.05) is 18.2 Å². The van der Waals surface area contributed by atoms with E-state index in [1.807, 2.05) is 12.1 Å². The van der Waals surface area contributed by atoms with E-state index in [4.69, 9.17) is 4.99 Å². The molecule has 2 atom stereocenters. The SMILES string of the molecule is C[C@@H](N=Cc1ccccc1[N+](=O)[O-])C1C=CC=C1P(c1ccccc1)c1ccccc1. The zero-order valence-corrected chi connectivity index (χ0v) is 18.1. The fourth-order valence-corrected chi connectivity index (χ4v) is 6.44. The third kappa shape index (κ3) is 4.70. The van der Waals surface area contributed by atoms with Gasteiger partial charge in [-0.2, -0.15) is 0 Å². The second kappa shape index (κ2) is 9.63. The maximum atomic E-state index is 11.3. The van der Waals surface area contributed by atoms with Crippen LogP contribution < -0.4 is 10.6 Å². The van der Waals surface area contributed by atoms with Crippen molar-refractivity contribution in [2.45, 2.75) is 13.0 Å². The lowest BCUT2D eigenvalue weighted by Crippen LogP contribution is -2.20. The number of nitro groups is 1. The van der Waals surface area contributed by atoms with Crippen LogP contribution in [0.25, 0.3) is 0 Å². The van der Waals surface area contributed by atoms with Crippen LogP contribution in [-0.4, -0.2) is 17.2 Å². The molecule has 0 aromatic heterocycles. The van der Waals surface area contributed by atoms with Gasteiger partial charge in [0.2, 0.25) is 0 Å². The van der Waals surface area contributed by atoms with Crippen LogP contribution in [0, 0.1) is 16.0 Å². The monoisotopic (exact) mass is 426 g/mol. The van der Waals surface area contributed by atoms with E-state index in [1.54, 1.807) is 24.4 Å². The Labute approximate surface area is 183 Å². The van der Waals surface area contributed by atoms with Crippen LogP contribution in [-0.2, 0) is 0 Å². The average Bonchev–Trinajstić information content (AvgIpc) is 3.29. The topological polar surface area (TPSA) is 55.5 Å². The molecule has 3 aromatic carbocycles. The predicted molar refractivity (Wildman–Crippen MR) is 130 cm³/mol. The summed E-state index contributed by atoms with van der Waals surface area (Å²) in [6, 6.07) is 27.9. The maximum Gasteiger partial charge on any atom is 0.278 e. The van der Waals surface area contributed by atoms with Crippen molar-refractivity contribution < 1.29 is 4.92 Å². The molecule has 154 valence electrons. The van der Waals surface area contributed by atoms with Crippen LogP contribution in [0.4, 0.5) is 5.69 Å². The largest absolute Gasteiger partial charge is 0.288 e. The third-order valence-corrected chi connectivity index (χ3v) is 7.91. The Bertz CT molecular complexity index is 1100.